The number of nitrogens with one attached hydrogen (secondary N) is 1. The Hall–Kier alpha value is -0.430. The standard InChI is InChI=1S/C14H25NO3S2/c1-10-8-19-11(7-16)12(10)20(17,18)15-14(5,6)9-13(2,3)4/h8,15-16H,7,9H2,1-6H3. The fourth-order valence-electron chi connectivity index (χ4n) is 2.73. The summed E-state index contributed by atoms with van der Waals surface area (Å²) in [5.41, 5.74) is 0.159. The molecule has 0 aromatic carbocycles. The van der Waals surface area contributed by atoms with Gasteiger partial charge in [0.05, 0.1) is 11.5 Å². The van der Waals surface area contributed by atoms with Crippen LogP contribution in [0.5, 0.6) is 0 Å². The van der Waals surface area contributed by atoms with Crippen molar-refractivity contribution in [1.29, 1.82) is 0 Å². The minimum atomic E-state index is -3.62. The lowest BCUT2D eigenvalue weighted by atomic mass is 9.82. The van der Waals surface area contributed by atoms with E-state index in [0.717, 1.165) is 6.42 Å². The van der Waals surface area contributed by atoms with Crippen molar-refractivity contribution in [3.8, 4) is 0 Å². The first-order chi connectivity index (χ1) is 8.88. The van der Waals surface area contributed by atoms with Gasteiger partial charge >= 0.3 is 0 Å². The van der Waals surface area contributed by atoms with Gasteiger partial charge in [-0.2, -0.15) is 0 Å². The molecule has 0 radical (unpaired) electrons. The molecule has 1 rings (SSSR count). The van der Waals surface area contributed by atoms with Gasteiger partial charge in [0, 0.05) is 5.54 Å². The summed E-state index contributed by atoms with van der Waals surface area (Å²) in [6, 6.07) is 0. The lowest BCUT2D eigenvalue weighted by molar-refractivity contribution is 0.268. The number of sulfonamides is 1. The Labute approximate surface area is 126 Å². The maximum absolute atomic E-state index is 12.6. The minimum Gasteiger partial charge on any atom is -0.391 e. The van der Waals surface area contributed by atoms with E-state index in [1.165, 1.54) is 11.3 Å². The van der Waals surface area contributed by atoms with Crippen molar-refractivity contribution in [1.82, 2.24) is 4.72 Å². The first kappa shape index (κ1) is 17.6. The molecular formula is C14H25NO3S2. The Balaban J connectivity index is 3.09. The number of hydrogen-bond acceptors (Lipinski definition) is 4. The molecule has 0 fully saturated rings. The molecule has 0 aliphatic carbocycles. The molecule has 0 spiro atoms. The topological polar surface area (TPSA) is 66.4 Å². The fraction of sp³-hybridized carbons (Fsp3) is 0.714. The van der Waals surface area contributed by atoms with Crippen LogP contribution in [0.4, 0.5) is 0 Å². The normalized spacial score (nSPS) is 13.8. The van der Waals surface area contributed by atoms with Crippen LogP contribution in [-0.2, 0) is 16.6 Å². The molecule has 0 atom stereocenters. The van der Waals surface area contributed by atoms with Gasteiger partial charge in [-0.3, -0.25) is 0 Å². The first-order valence-corrected chi connectivity index (χ1v) is 8.96. The van der Waals surface area contributed by atoms with Gasteiger partial charge in [0.25, 0.3) is 0 Å². The van der Waals surface area contributed by atoms with Crippen LogP contribution < -0.4 is 4.72 Å². The van der Waals surface area contributed by atoms with Crippen molar-refractivity contribution in [2.24, 2.45) is 5.41 Å². The molecule has 0 aliphatic rings. The summed E-state index contributed by atoms with van der Waals surface area (Å²) in [7, 11) is -3.62. The van der Waals surface area contributed by atoms with Crippen LogP contribution in [0.25, 0.3) is 0 Å². The molecule has 0 unspecified atom stereocenters. The zero-order valence-corrected chi connectivity index (χ0v) is 14.7. The number of thiophene rings is 1. The maximum atomic E-state index is 12.6. The molecule has 2 N–H and O–H groups in total. The molecule has 1 heterocycles. The number of rotatable bonds is 5. The van der Waals surface area contributed by atoms with E-state index in [1.54, 1.807) is 12.3 Å². The Bertz CT molecular complexity index is 566. The van der Waals surface area contributed by atoms with Crippen molar-refractivity contribution in [3.05, 3.63) is 15.8 Å². The van der Waals surface area contributed by atoms with Gasteiger partial charge in [-0.25, -0.2) is 13.1 Å². The highest BCUT2D eigenvalue weighted by atomic mass is 32.2. The smallest absolute Gasteiger partial charge is 0.242 e. The van der Waals surface area contributed by atoms with Crippen LogP contribution in [-0.4, -0.2) is 19.1 Å². The third kappa shape index (κ3) is 4.55. The number of aliphatic hydroxyl groups is 1. The number of aryl methyl sites for hydroxylation is 1. The van der Waals surface area contributed by atoms with Gasteiger partial charge in [-0.1, -0.05) is 20.8 Å². The molecule has 0 aliphatic heterocycles. The molecule has 116 valence electrons. The predicted molar refractivity (Wildman–Crippen MR) is 83.5 cm³/mol. The van der Waals surface area contributed by atoms with E-state index in [9.17, 15) is 13.5 Å². The van der Waals surface area contributed by atoms with E-state index >= 15 is 0 Å². The number of hydrogen-bond donors (Lipinski definition) is 2. The van der Waals surface area contributed by atoms with Gasteiger partial charge in [0.15, 0.2) is 0 Å². The summed E-state index contributed by atoms with van der Waals surface area (Å²) in [6.45, 7) is 11.5. The van der Waals surface area contributed by atoms with E-state index in [1.807, 2.05) is 13.8 Å². The van der Waals surface area contributed by atoms with Gasteiger partial charge < -0.3 is 5.11 Å². The lowest BCUT2D eigenvalue weighted by Gasteiger charge is -2.33. The van der Waals surface area contributed by atoms with Crippen LogP contribution in [0, 0.1) is 12.3 Å². The molecule has 0 amide bonds. The van der Waals surface area contributed by atoms with Crippen LogP contribution in [0.15, 0.2) is 10.3 Å². The highest BCUT2D eigenvalue weighted by Gasteiger charge is 2.32. The molecule has 0 bridgehead atoms. The minimum absolute atomic E-state index is 0.0233. The first-order valence-electron chi connectivity index (χ1n) is 6.60. The van der Waals surface area contributed by atoms with Crippen LogP contribution >= 0.6 is 11.3 Å². The molecular weight excluding hydrogens is 294 g/mol. The summed E-state index contributed by atoms with van der Waals surface area (Å²) in [5.74, 6) is 0. The third-order valence-electron chi connectivity index (χ3n) is 2.78. The average Bonchev–Trinajstić information content (AvgIpc) is 2.54. The number of aliphatic hydroxyl groups excluding tert-OH is 1. The lowest BCUT2D eigenvalue weighted by Crippen LogP contribution is -2.45. The zero-order valence-electron chi connectivity index (χ0n) is 13.1. The molecule has 0 saturated heterocycles. The maximum Gasteiger partial charge on any atom is 0.242 e. The largest absolute Gasteiger partial charge is 0.391 e. The van der Waals surface area contributed by atoms with Crippen molar-refractivity contribution in [2.45, 2.75) is 65.0 Å². The monoisotopic (exact) mass is 319 g/mol. The predicted octanol–water partition coefficient (Wildman–Crippen LogP) is 3.04. The fourth-order valence-corrected chi connectivity index (χ4v) is 5.81. The van der Waals surface area contributed by atoms with Gasteiger partial charge in [0.2, 0.25) is 10.0 Å². The SMILES string of the molecule is Cc1csc(CO)c1S(=O)(=O)NC(C)(C)CC(C)(C)C. The average molecular weight is 319 g/mol. The molecule has 1 aromatic rings. The Kier molecular flexibility index (Phi) is 5.07. The molecule has 0 saturated carbocycles. The van der Waals surface area contributed by atoms with Crippen LogP contribution in [0.2, 0.25) is 0 Å². The summed E-state index contributed by atoms with van der Waals surface area (Å²) < 4.78 is 27.9. The molecule has 4 nitrogen and oxygen atoms in total. The van der Waals surface area contributed by atoms with Crippen molar-refractivity contribution >= 4 is 21.4 Å². The summed E-state index contributed by atoms with van der Waals surface area (Å²) >= 11 is 1.27. The van der Waals surface area contributed by atoms with Crippen molar-refractivity contribution in [3.63, 3.8) is 0 Å². The van der Waals surface area contributed by atoms with Gasteiger partial charge in [0.1, 0.15) is 4.90 Å². The van der Waals surface area contributed by atoms with E-state index in [2.05, 4.69) is 25.5 Å². The highest BCUT2D eigenvalue weighted by molar-refractivity contribution is 7.89. The molecule has 20 heavy (non-hydrogen) atoms. The van der Waals surface area contributed by atoms with Crippen LogP contribution in [0.1, 0.15) is 51.5 Å². The zero-order chi connectivity index (χ0) is 15.8. The Morgan fingerprint density at radius 1 is 1.25 bits per heavy atom. The highest BCUT2D eigenvalue weighted by Crippen LogP contribution is 2.31. The van der Waals surface area contributed by atoms with E-state index < -0.39 is 15.6 Å². The van der Waals surface area contributed by atoms with Gasteiger partial charge in [-0.05, 0) is 43.6 Å². The second-order valence-corrected chi connectivity index (χ2v) is 9.64. The second-order valence-electron chi connectivity index (χ2n) is 7.06. The third-order valence-corrected chi connectivity index (χ3v) is 5.93. The molecule has 6 heteroatoms. The second kappa shape index (κ2) is 5.75. The van der Waals surface area contributed by atoms with E-state index in [0.29, 0.717) is 10.4 Å². The summed E-state index contributed by atoms with van der Waals surface area (Å²) in [5, 5.41) is 11.1. The van der Waals surface area contributed by atoms with Crippen LogP contribution in [0.3, 0.4) is 0 Å². The van der Waals surface area contributed by atoms with Crippen molar-refractivity contribution in [2.75, 3.05) is 0 Å². The van der Waals surface area contributed by atoms with E-state index in [-0.39, 0.29) is 16.9 Å². The summed E-state index contributed by atoms with van der Waals surface area (Å²) in [4.78, 5) is 0.716. The summed E-state index contributed by atoms with van der Waals surface area (Å²) in [6.07, 6.45) is 0.719. The molecule has 1 aromatic heterocycles. The van der Waals surface area contributed by atoms with Gasteiger partial charge in [-0.15, -0.1) is 11.3 Å². The Morgan fingerprint density at radius 2 is 1.80 bits per heavy atom. The quantitative estimate of drug-likeness (QED) is 0.876. The Morgan fingerprint density at radius 3 is 2.25 bits per heavy atom. The van der Waals surface area contributed by atoms with Crippen molar-refractivity contribution < 1.29 is 13.5 Å². The van der Waals surface area contributed by atoms with E-state index in [4.69, 9.17) is 0 Å².